The molecule has 0 aromatic heterocycles. The van der Waals surface area contributed by atoms with Gasteiger partial charge in [0.25, 0.3) is 0 Å². The Morgan fingerprint density at radius 2 is 2.09 bits per heavy atom. The minimum atomic E-state index is -0.167. The molecule has 1 aliphatic heterocycles. The van der Waals surface area contributed by atoms with Crippen molar-refractivity contribution in [1.82, 2.24) is 20.9 Å². The number of nitrogens with one attached hydrogen (secondary N) is 3. The quantitative estimate of drug-likeness (QED) is 0.724. The van der Waals surface area contributed by atoms with Crippen molar-refractivity contribution in [2.75, 3.05) is 26.7 Å². The van der Waals surface area contributed by atoms with Crippen LogP contribution in [0.2, 0.25) is 0 Å². The molecule has 3 amide bonds. The molecule has 0 bridgehead atoms. The second-order valence-electron chi connectivity index (χ2n) is 5.58. The Bertz CT molecular complexity index is 486. The number of hydrogen-bond donors (Lipinski definition) is 3. The molecule has 0 spiro atoms. The highest BCUT2D eigenvalue weighted by Crippen LogP contribution is 2.02. The number of rotatable bonds is 6. The molecule has 1 aromatic rings. The summed E-state index contributed by atoms with van der Waals surface area (Å²) in [6, 6.07) is 9.86. The first-order valence-electron chi connectivity index (χ1n) is 7.68. The smallest absolute Gasteiger partial charge is 0.317 e. The Hall–Kier alpha value is -2.08. The van der Waals surface area contributed by atoms with Gasteiger partial charge >= 0.3 is 6.03 Å². The van der Waals surface area contributed by atoms with Crippen molar-refractivity contribution < 1.29 is 9.59 Å². The monoisotopic (exact) mass is 304 g/mol. The fourth-order valence-electron chi connectivity index (χ4n) is 2.42. The molecule has 3 N–H and O–H groups in total. The first-order valence-corrected chi connectivity index (χ1v) is 7.68. The van der Waals surface area contributed by atoms with Gasteiger partial charge in [0.15, 0.2) is 0 Å². The Morgan fingerprint density at radius 1 is 1.32 bits per heavy atom. The SMILES string of the molecule is CN(Cc1ccccc1)C(=O)NCCC(=O)NC1CCNC1. The molecule has 120 valence electrons. The molecule has 1 heterocycles. The number of amides is 3. The Morgan fingerprint density at radius 3 is 2.77 bits per heavy atom. The van der Waals surface area contributed by atoms with Crippen LogP contribution < -0.4 is 16.0 Å². The first-order chi connectivity index (χ1) is 10.6. The normalized spacial score (nSPS) is 17.0. The van der Waals surface area contributed by atoms with Gasteiger partial charge in [-0.3, -0.25) is 4.79 Å². The maximum atomic E-state index is 11.9. The number of benzene rings is 1. The number of hydrogen-bond acceptors (Lipinski definition) is 3. The summed E-state index contributed by atoms with van der Waals surface area (Å²) in [5.41, 5.74) is 1.08. The molecule has 0 aliphatic carbocycles. The molecule has 1 saturated heterocycles. The Labute approximate surface area is 131 Å². The van der Waals surface area contributed by atoms with Gasteiger partial charge in [0.2, 0.25) is 5.91 Å². The van der Waals surface area contributed by atoms with Gasteiger partial charge in [0, 0.05) is 39.1 Å². The summed E-state index contributed by atoms with van der Waals surface area (Å²) in [7, 11) is 1.74. The minimum absolute atomic E-state index is 0.0142. The summed E-state index contributed by atoms with van der Waals surface area (Å²) >= 11 is 0. The van der Waals surface area contributed by atoms with Gasteiger partial charge in [-0.05, 0) is 18.5 Å². The van der Waals surface area contributed by atoms with Crippen molar-refractivity contribution in [2.24, 2.45) is 0 Å². The predicted molar refractivity (Wildman–Crippen MR) is 85.3 cm³/mol. The Balaban J connectivity index is 1.63. The first kappa shape index (κ1) is 16.3. The van der Waals surface area contributed by atoms with E-state index in [1.165, 1.54) is 0 Å². The highest BCUT2D eigenvalue weighted by Gasteiger charge is 2.16. The van der Waals surface area contributed by atoms with Crippen LogP contribution in [0.3, 0.4) is 0 Å². The lowest BCUT2D eigenvalue weighted by Crippen LogP contribution is -2.41. The highest BCUT2D eigenvalue weighted by molar-refractivity contribution is 5.78. The van der Waals surface area contributed by atoms with Gasteiger partial charge in [-0.1, -0.05) is 30.3 Å². The lowest BCUT2D eigenvalue weighted by molar-refractivity contribution is -0.121. The van der Waals surface area contributed by atoms with Crippen molar-refractivity contribution in [3.05, 3.63) is 35.9 Å². The third-order valence-electron chi connectivity index (χ3n) is 3.66. The van der Waals surface area contributed by atoms with E-state index in [0.29, 0.717) is 19.5 Å². The van der Waals surface area contributed by atoms with Gasteiger partial charge in [0.05, 0.1) is 0 Å². The van der Waals surface area contributed by atoms with Gasteiger partial charge in [-0.25, -0.2) is 4.79 Å². The number of urea groups is 1. The minimum Gasteiger partial charge on any atom is -0.352 e. The van der Waals surface area contributed by atoms with E-state index in [9.17, 15) is 9.59 Å². The maximum Gasteiger partial charge on any atom is 0.317 e. The molecule has 6 nitrogen and oxygen atoms in total. The van der Waals surface area contributed by atoms with Crippen LogP contribution in [0.5, 0.6) is 0 Å². The second-order valence-corrected chi connectivity index (χ2v) is 5.58. The van der Waals surface area contributed by atoms with Crippen LogP contribution in [0.15, 0.2) is 30.3 Å². The predicted octanol–water partition coefficient (Wildman–Crippen LogP) is 0.696. The number of nitrogens with zero attached hydrogens (tertiary/aromatic N) is 1. The molecule has 1 unspecified atom stereocenters. The summed E-state index contributed by atoms with van der Waals surface area (Å²) < 4.78 is 0. The van der Waals surface area contributed by atoms with E-state index in [4.69, 9.17) is 0 Å². The summed E-state index contributed by atoms with van der Waals surface area (Å²) in [4.78, 5) is 25.3. The molecule has 6 heteroatoms. The zero-order chi connectivity index (χ0) is 15.8. The third kappa shape index (κ3) is 5.37. The highest BCUT2D eigenvalue weighted by atomic mass is 16.2. The van der Waals surface area contributed by atoms with Crippen LogP contribution in [0.1, 0.15) is 18.4 Å². The van der Waals surface area contributed by atoms with Crippen molar-refractivity contribution in [3.63, 3.8) is 0 Å². The topological polar surface area (TPSA) is 73.5 Å². The molecular formula is C16H24N4O2. The Kier molecular flexibility index (Phi) is 6.21. The lowest BCUT2D eigenvalue weighted by Gasteiger charge is -2.18. The van der Waals surface area contributed by atoms with Crippen molar-refractivity contribution in [1.29, 1.82) is 0 Å². The summed E-state index contributed by atoms with van der Waals surface area (Å²) in [6.45, 7) is 2.68. The summed E-state index contributed by atoms with van der Waals surface area (Å²) in [5.74, 6) is -0.0142. The number of carbonyl (C=O) groups is 2. The van der Waals surface area contributed by atoms with Crippen LogP contribution in [0.4, 0.5) is 4.79 Å². The standard InChI is InChI=1S/C16H24N4O2/c1-20(12-13-5-3-2-4-6-13)16(22)18-10-8-15(21)19-14-7-9-17-11-14/h2-6,14,17H,7-12H2,1H3,(H,18,22)(H,19,21). The average molecular weight is 304 g/mol. The molecule has 2 rings (SSSR count). The van der Waals surface area contributed by atoms with Crippen LogP contribution >= 0.6 is 0 Å². The fraction of sp³-hybridized carbons (Fsp3) is 0.500. The zero-order valence-electron chi connectivity index (χ0n) is 13.0. The van der Waals surface area contributed by atoms with E-state index in [0.717, 1.165) is 25.1 Å². The van der Waals surface area contributed by atoms with Crippen molar-refractivity contribution >= 4 is 11.9 Å². The molecular weight excluding hydrogens is 280 g/mol. The van der Waals surface area contributed by atoms with Gasteiger partial charge in [0.1, 0.15) is 0 Å². The van der Waals surface area contributed by atoms with Crippen molar-refractivity contribution in [3.8, 4) is 0 Å². The summed E-state index contributed by atoms with van der Waals surface area (Å²) in [5, 5.41) is 8.92. The zero-order valence-corrected chi connectivity index (χ0v) is 13.0. The maximum absolute atomic E-state index is 11.9. The van der Waals surface area contributed by atoms with Crippen LogP contribution in [0, 0.1) is 0 Å². The van der Waals surface area contributed by atoms with E-state index in [2.05, 4.69) is 16.0 Å². The van der Waals surface area contributed by atoms with E-state index in [1.807, 2.05) is 30.3 Å². The molecule has 22 heavy (non-hydrogen) atoms. The van der Waals surface area contributed by atoms with Gasteiger partial charge in [-0.15, -0.1) is 0 Å². The molecule has 1 aromatic carbocycles. The lowest BCUT2D eigenvalue weighted by atomic mass is 10.2. The third-order valence-corrected chi connectivity index (χ3v) is 3.66. The molecule has 1 atom stereocenters. The summed E-state index contributed by atoms with van der Waals surface area (Å²) in [6.07, 6.45) is 1.28. The van der Waals surface area contributed by atoms with Crippen LogP contribution in [0.25, 0.3) is 0 Å². The van der Waals surface area contributed by atoms with Gasteiger partial charge in [-0.2, -0.15) is 0 Å². The van der Waals surface area contributed by atoms with Crippen molar-refractivity contribution in [2.45, 2.75) is 25.4 Å². The van der Waals surface area contributed by atoms with Crippen LogP contribution in [-0.2, 0) is 11.3 Å². The van der Waals surface area contributed by atoms with E-state index in [1.54, 1.807) is 11.9 Å². The van der Waals surface area contributed by atoms with E-state index in [-0.39, 0.29) is 18.0 Å². The van der Waals surface area contributed by atoms with Crippen LogP contribution in [-0.4, -0.2) is 49.6 Å². The molecule has 1 aliphatic rings. The van der Waals surface area contributed by atoms with Gasteiger partial charge < -0.3 is 20.9 Å². The number of carbonyl (C=O) groups excluding carboxylic acids is 2. The fourth-order valence-corrected chi connectivity index (χ4v) is 2.42. The largest absolute Gasteiger partial charge is 0.352 e. The molecule has 0 radical (unpaired) electrons. The molecule has 1 fully saturated rings. The average Bonchev–Trinajstić information content (AvgIpc) is 3.01. The van der Waals surface area contributed by atoms with E-state index < -0.39 is 0 Å². The second kappa shape index (κ2) is 8.38. The van der Waals surface area contributed by atoms with E-state index >= 15 is 0 Å². The molecule has 0 saturated carbocycles.